The van der Waals surface area contributed by atoms with E-state index in [9.17, 15) is 14.4 Å². The smallest absolute Gasteiger partial charge is 0.408 e. The molecule has 0 aliphatic carbocycles. The number of nitrogens with zero attached hydrogens (tertiary/aromatic N) is 1. The second kappa shape index (κ2) is 8.10. The molecule has 18 heavy (non-hydrogen) atoms. The number of rotatable bonds is 7. The average molecular weight is 258 g/mol. The highest BCUT2D eigenvalue weighted by molar-refractivity contribution is 5.81. The number of hydrogen-bond acceptors (Lipinski definition) is 4. The van der Waals surface area contributed by atoms with Gasteiger partial charge in [0, 0.05) is 20.5 Å². The Labute approximate surface area is 105 Å². The molecule has 1 atom stereocenters. The van der Waals surface area contributed by atoms with Gasteiger partial charge in [-0.05, 0) is 6.42 Å². The van der Waals surface area contributed by atoms with Crippen molar-refractivity contribution >= 4 is 18.0 Å². The van der Waals surface area contributed by atoms with Gasteiger partial charge < -0.3 is 20.1 Å². The first-order valence-corrected chi connectivity index (χ1v) is 5.35. The number of carboxylic acid groups (broad SMARTS) is 1. The van der Waals surface area contributed by atoms with E-state index in [-0.39, 0.29) is 25.4 Å². The van der Waals surface area contributed by atoms with Crippen molar-refractivity contribution in [1.29, 1.82) is 0 Å². The van der Waals surface area contributed by atoms with Gasteiger partial charge in [0.1, 0.15) is 12.6 Å². The number of carbonyl (C=O) groups is 3. The molecule has 2 amide bonds. The topological polar surface area (TPSA) is 95.9 Å². The Kier molecular flexibility index (Phi) is 7.18. The second-order valence-corrected chi connectivity index (χ2v) is 3.75. The van der Waals surface area contributed by atoms with Crippen LogP contribution in [0.2, 0.25) is 0 Å². The fraction of sp³-hybridized carbons (Fsp3) is 0.545. The van der Waals surface area contributed by atoms with Crippen molar-refractivity contribution in [3.8, 4) is 0 Å². The molecule has 7 heteroatoms. The van der Waals surface area contributed by atoms with E-state index >= 15 is 0 Å². The zero-order chi connectivity index (χ0) is 14.1. The van der Waals surface area contributed by atoms with Gasteiger partial charge in [-0.15, -0.1) is 0 Å². The van der Waals surface area contributed by atoms with Crippen molar-refractivity contribution < 1.29 is 24.2 Å². The van der Waals surface area contributed by atoms with Crippen molar-refractivity contribution in [3.05, 3.63) is 12.7 Å². The Morgan fingerprint density at radius 3 is 2.50 bits per heavy atom. The number of aliphatic carboxylic acids is 1. The monoisotopic (exact) mass is 258 g/mol. The Bertz CT molecular complexity index is 327. The Morgan fingerprint density at radius 1 is 1.44 bits per heavy atom. The molecule has 0 aliphatic heterocycles. The first kappa shape index (κ1) is 16.0. The molecule has 0 radical (unpaired) electrons. The first-order chi connectivity index (χ1) is 8.38. The van der Waals surface area contributed by atoms with E-state index in [1.807, 2.05) is 0 Å². The SMILES string of the molecule is C=CCOC(=O)N[C@@H](CCC(=O)N(C)C)C(=O)O. The van der Waals surface area contributed by atoms with Crippen LogP contribution < -0.4 is 5.32 Å². The number of amides is 2. The predicted octanol–water partition coefficient (Wildman–Crippen LogP) is 0.220. The van der Waals surface area contributed by atoms with Gasteiger partial charge >= 0.3 is 12.1 Å². The summed E-state index contributed by atoms with van der Waals surface area (Å²) < 4.78 is 4.60. The van der Waals surface area contributed by atoms with E-state index in [1.54, 1.807) is 14.1 Å². The Hall–Kier alpha value is -2.05. The van der Waals surface area contributed by atoms with Crippen LogP contribution in [0.5, 0.6) is 0 Å². The average Bonchev–Trinajstić information content (AvgIpc) is 2.30. The molecule has 0 rings (SSSR count). The molecule has 0 spiro atoms. The van der Waals surface area contributed by atoms with Gasteiger partial charge in [0.25, 0.3) is 0 Å². The summed E-state index contributed by atoms with van der Waals surface area (Å²) in [5.41, 5.74) is 0. The molecule has 7 nitrogen and oxygen atoms in total. The van der Waals surface area contributed by atoms with E-state index < -0.39 is 18.1 Å². The molecule has 102 valence electrons. The minimum Gasteiger partial charge on any atom is -0.480 e. The van der Waals surface area contributed by atoms with Crippen LogP contribution in [0.4, 0.5) is 4.79 Å². The van der Waals surface area contributed by atoms with Gasteiger partial charge in [-0.3, -0.25) is 4.79 Å². The quantitative estimate of drug-likeness (QED) is 0.637. The number of carboxylic acids is 1. The molecule has 0 fully saturated rings. The van der Waals surface area contributed by atoms with Crippen LogP contribution in [0.15, 0.2) is 12.7 Å². The zero-order valence-electron chi connectivity index (χ0n) is 10.5. The summed E-state index contributed by atoms with van der Waals surface area (Å²) in [4.78, 5) is 34.7. The van der Waals surface area contributed by atoms with Gasteiger partial charge in [-0.2, -0.15) is 0 Å². The molecule has 0 heterocycles. The summed E-state index contributed by atoms with van der Waals surface area (Å²) >= 11 is 0. The second-order valence-electron chi connectivity index (χ2n) is 3.75. The number of ether oxygens (including phenoxy) is 1. The number of carbonyl (C=O) groups excluding carboxylic acids is 2. The third-order valence-electron chi connectivity index (χ3n) is 2.07. The molecule has 0 saturated carbocycles. The van der Waals surface area contributed by atoms with E-state index in [1.165, 1.54) is 11.0 Å². The van der Waals surface area contributed by atoms with Crippen LogP contribution in [-0.4, -0.2) is 54.7 Å². The minimum atomic E-state index is -1.21. The van der Waals surface area contributed by atoms with Crippen LogP contribution in [0, 0.1) is 0 Å². The molecular formula is C11H18N2O5. The fourth-order valence-electron chi connectivity index (χ4n) is 1.07. The standard InChI is InChI=1S/C11H18N2O5/c1-4-7-18-11(17)12-8(10(15)16)5-6-9(14)13(2)3/h4,8H,1,5-7H2,2-3H3,(H,12,17)(H,15,16)/t8-/m0/s1. The maximum atomic E-state index is 11.3. The molecule has 0 aromatic rings. The summed E-state index contributed by atoms with van der Waals surface area (Å²) in [6.07, 6.45) is 0.561. The molecule has 2 N–H and O–H groups in total. The van der Waals surface area contributed by atoms with Crippen LogP contribution in [0.25, 0.3) is 0 Å². The first-order valence-electron chi connectivity index (χ1n) is 5.35. The summed E-state index contributed by atoms with van der Waals surface area (Å²) in [6.45, 7) is 3.35. The molecule has 0 unspecified atom stereocenters. The lowest BCUT2D eigenvalue weighted by Crippen LogP contribution is -2.41. The Balaban J connectivity index is 4.23. The van der Waals surface area contributed by atoms with Crippen LogP contribution in [0.1, 0.15) is 12.8 Å². The number of hydrogen-bond donors (Lipinski definition) is 2. The van der Waals surface area contributed by atoms with Crippen LogP contribution in [0.3, 0.4) is 0 Å². The van der Waals surface area contributed by atoms with Gasteiger partial charge in [-0.25, -0.2) is 9.59 Å². The van der Waals surface area contributed by atoms with Crippen molar-refractivity contribution in [2.24, 2.45) is 0 Å². The third kappa shape index (κ3) is 6.51. The van der Waals surface area contributed by atoms with E-state index in [0.29, 0.717) is 0 Å². The normalized spacial score (nSPS) is 11.2. The van der Waals surface area contributed by atoms with Crippen LogP contribution >= 0.6 is 0 Å². The van der Waals surface area contributed by atoms with Crippen molar-refractivity contribution in [1.82, 2.24) is 10.2 Å². The van der Waals surface area contributed by atoms with Crippen molar-refractivity contribution in [3.63, 3.8) is 0 Å². The molecular weight excluding hydrogens is 240 g/mol. The highest BCUT2D eigenvalue weighted by Crippen LogP contribution is 2.01. The number of alkyl carbamates (subject to hydrolysis) is 1. The van der Waals surface area contributed by atoms with Crippen molar-refractivity contribution in [2.45, 2.75) is 18.9 Å². The highest BCUT2D eigenvalue weighted by Gasteiger charge is 2.21. The van der Waals surface area contributed by atoms with E-state index in [2.05, 4.69) is 16.6 Å². The predicted molar refractivity (Wildman–Crippen MR) is 64.0 cm³/mol. The lowest BCUT2D eigenvalue weighted by Gasteiger charge is -2.15. The Morgan fingerprint density at radius 2 is 2.06 bits per heavy atom. The minimum absolute atomic E-state index is 0.00516. The summed E-state index contributed by atoms with van der Waals surface area (Å²) in [5, 5.41) is 11.1. The highest BCUT2D eigenvalue weighted by atomic mass is 16.5. The van der Waals surface area contributed by atoms with Gasteiger partial charge in [0.15, 0.2) is 0 Å². The summed E-state index contributed by atoms with van der Waals surface area (Å²) in [5.74, 6) is -1.42. The summed E-state index contributed by atoms with van der Waals surface area (Å²) in [7, 11) is 3.15. The zero-order valence-corrected chi connectivity index (χ0v) is 10.5. The van der Waals surface area contributed by atoms with Crippen molar-refractivity contribution in [2.75, 3.05) is 20.7 Å². The third-order valence-corrected chi connectivity index (χ3v) is 2.07. The molecule has 0 saturated heterocycles. The lowest BCUT2D eigenvalue weighted by molar-refractivity contribution is -0.139. The van der Waals surface area contributed by atoms with Crippen LogP contribution in [-0.2, 0) is 14.3 Å². The molecule has 0 aromatic heterocycles. The van der Waals surface area contributed by atoms with Gasteiger partial charge in [0.05, 0.1) is 0 Å². The lowest BCUT2D eigenvalue weighted by atomic mass is 10.1. The molecule has 0 bridgehead atoms. The number of nitrogens with one attached hydrogen (secondary N) is 1. The largest absolute Gasteiger partial charge is 0.480 e. The van der Waals surface area contributed by atoms with E-state index in [4.69, 9.17) is 5.11 Å². The molecule has 0 aromatic carbocycles. The summed E-state index contributed by atoms with van der Waals surface area (Å²) in [6, 6.07) is -1.15. The van der Waals surface area contributed by atoms with Gasteiger partial charge in [0.2, 0.25) is 5.91 Å². The maximum Gasteiger partial charge on any atom is 0.408 e. The van der Waals surface area contributed by atoms with Gasteiger partial charge in [-0.1, -0.05) is 12.7 Å². The molecule has 0 aliphatic rings. The fourth-order valence-corrected chi connectivity index (χ4v) is 1.07. The maximum absolute atomic E-state index is 11.3. The van der Waals surface area contributed by atoms with E-state index in [0.717, 1.165) is 0 Å².